The van der Waals surface area contributed by atoms with Gasteiger partial charge in [0.2, 0.25) is 0 Å². The van der Waals surface area contributed by atoms with Gasteiger partial charge in [0.15, 0.2) is 16.7 Å². The molecule has 0 bridgehead atoms. The second kappa shape index (κ2) is 11.1. The topological polar surface area (TPSA) is 187 Å². The van der Waals surface area contributed by atoms with Gasteiger partial charge in [-0.25, -0.2) is 20.5 Å². The zero-order chi connectivity index (χ0) is 23.0. The van der Waals surface area contributed by atoms with E-state index < -0.39 is 29.0 Å². The molecule has 2 rings (SSSR count). The summed E-state index contributed by atoms with van der Waals surface area (Å²) in [6, 6.07) is 4.14. The third-order valence-electron chi connectivity index (χ3n) is 4.83. The minimum atomic E-state index is -1.08. The molecule has 2 atom stereocenters. The monoisotopic (exact) mass is 437 g/mol. The van der Waals surface area contributed by atoms with Crippen molar-refractivity contribution in [2.45, 2.75) is 37.8 Å². The van der Waals surface area contributed by atoms with Crippen LogP contribution in [-0.2, 0) is 9.59 Å². The van der Waals surface area contributed by atoms with Crippen molar-refractivity contribution in [3.8, 4) is 5.75 Å². The number of methoxy groups -OCH3 is 1. The fourth-order valence-corrected chi connectivity index (χ4v) is 3.39. The van der Waals surface area contributed by atoms with Gasteiger partial charge in [-0.15, -0.1) is 0 Å². The number of carbonyl (C=O) groups excluding carboxylic acids is 1. The lowest BCUT2D eigenvalue weighted by atomic mass is 10.1. The van der Waals surface area contributed by atoms with Crippen molar-refractivity contribution in [1.82, 2.24) is 15.8 Å². The zero-order valence-electron chi connectivity index (χ0n) is 17.1. The summed E-state index contributed by atoms with van der Waals surface area (Å²) >= 11 is 0. The number of hydrogen-bond acceptors (Lipinski definition) is 8. The number of anilines is 1. The van der Waals surface area contributed by atoms with E-state index in [4.69, 9.17) is 15.9 Å². The number of hydrazine groups is 2. The second-order valence-corrected chi connectivity index (χ2v) is 6.91. The lowest BCUT2D eigenvalue weighted by molar-refractivity contribution is -0.484. The van der Waals surface area contributed by atoms with Gasteiger partial charge in [0.1, 0.15) is 17.8 Å². The zero-order valence-corrected chi connectivity index (χ0v) is 17.1. The largest absolute Gasteiger partial charge is 0.494 e. The Morgan fingerprint density at radius 1 is 1.48 bits per heavy atom. The maximum Gasteiger partial charge on any atom is 0.322 e. The number of guanidine groups is 1. The van der Waals surface area contributed by atoms with Crippen molar-refractivity contribution in [3.63, 3.8) is 0 Å². The van der Waals surface area contributed by atoms with Crippen LogP contribution in [0.5, 0.6) is 5.75 Å². The Labute approximate surface area is 178 Å². The van der Waals surface area contributed by atoms with Crippen LogP contribution < -0.4 is 26.2 Å². The van der Waals surface area contributed by atoms with Gasteiger partial charge in [-0.2, -0.15) is 0 Å². The van der Waals surface area contributed by atoms with E-state index in [9.17, 15) is 24.8 Å². The molecule has 13 heteroatoms. The molecule has 0 unspecified atom stereocenters. The Bertz CT molecular complexity index is 820. The maximum absolute atomic E-state index is 13.3. The molecule has 1 fully saturated rings. The van der Waals surface area contributed by atoms with Crippen molar-refractivity contribution in [2.75, 3.05) is 25.2 Å². The summed E-state index contributed by atoms with van der Waals surface area (Å²) in [6.07, 6.45) is 1.51. The van der Waals surface area contributed by atoms with Crippen LogP contribution in [0.15, 0.2) is 24.3 Å². The second-order valence-electron chi connectivity index (χ2n) is 6.91. The first-order valence-electron chi connectivity index (χ1n) is 9.71. The molecule has 1 aromatic rings. The molecule has 31 heavy (non-hydrogen) atoms. The van der Waals surface area contributed by atoms with Gasteiger partial charge in [-0.05, 0) is 42.8 Å². The number of nitrogens with two attached hydrogens (primary N) is 1. The predicted molar refractivity (Wildman–Crippen MR) is 111 cm³/mol. The summed E-state index contributed by atoms with van der Waals surface area (Å²) in [5.41, 5.74) is 8.10. The number of benzene rings is 1. The number of carbonyl (C=O) groups is 2. The number of carboxylic acid groups (broad SMARTS) is 1. The molecule has 0 radical (unpaired) electrons. The van der Waals surface area contributed by atoms with Gasteiger partial charge < -0.3 is 20.9 Å². The van der Waals surface area contributed by atoms with Gasteiger partial charge in [-0.3, -0.25) is 15.0 Å². The number of nitrogens with one attached hydrogen (secondary N) is 3. The van der Waals surface area contributed by atoms with E-state index in [0.717, 1.165) is 0 Å². The van der Waals surface area contributed by atoms with E-state index in [1.807, 2.05) is 0 Å². The van der Waals surface area contributed by atoms with Crippen molar-refractivity contribution < 1.29 is 24.5 Å². The van der Waals surface area contributed by atoms with E-state index in [1.54, 1.807) is 12.1 Å². The molecule has 13 nitrogen and oxygen atoms in total. The van der Waals surface area contributed by atoms with E-state index in [-0.39, 0.29) is 30.4 Å². The fraction of sp³-hybridized carbons (Fsp3) is 0.500. The molecule has 1 heterocycles. The Kier molecular flexibility index (Phi) is 8.52. The molecule has 6 N–H and O–H groups in total. The van der Waals surface area contributed by atoms with Gasteiger partial charge >= 0.3 is 11.9 Å². The van der Waals surface area contributed by atoms with Gasteiger partial charge in [-0.1, -0.05) is 12.1 Å². The Morgan fingerprint density at radius 2 is 2.19 bits per heavy atom. The third-order valence-corrected chi connectivity index (χ3v) is 4.83. The maximum atomic E-state index is 13.3. The van der Waals surface area contributed by atoms with Gasteiger partial charge in [0.05, 0.1) is 7.11 Å². The first-order valence-corrected chi connectivity index (χ1v) is 9.71. The van der Waals surface area contributed by atoms with Crippen LogP contribution in [0.3, 0.4) is 0 Å². The molecule has 0 saturated carbocycles. The summed E-state index contributed by atoms with van der Waals surface area (Å²) in [5, 5.41) is 32.0. The number of nitrogens with zero attached hydrogens (tertiary/aromatic N) is 3. The summed E-state index contributed by atoms with van der Waals surface area (Å²) in [7, 11) is 1.34. The molecular weight excluding hydrogens is 410 g/mol. The molecule has 0 spiro atoms. The summed E-state index contributed by atoms with van der Waals surface area (Å²) in [6.45, 7) is 0.663. The first kappa shape index (κ1) is 23.8. The number of carboxylic acids is 1. The average Bonchev–Trinajstić information content (AvgIpc) is 3.18. The van der Waals surface area contributed by atoms with E-state index in [1.165, 1.54) is 24.3 Å². The fourth-order valence-electron chi connectivity index (χ4n) is 3.39. The summed E-state index contributed by atoms with van der Waals surface area (Å²) < 4.78 is 5.16. The number of nitro groups is 1. The van der Waals surface area contributed by atoms with Crippen LogP contribution in [0.2, 0.25) is 0 Å². The van der Waals surface area contributed by atoms with Crippen molar-refractivity contribution >= 4 is 23.5 Å². The number of ether oxygens (including phenoxy) is 1. The molecule has 1 aliphatic rings. The highest BCUT2D eigenvalue weighted by atomic mass is 16.7. The summed E-state index contributed by atoms with van der Waals surface area (Å²) in [5.74, 6) is -1.99. The van der Waals surface area contributed by atoms with Crippen LogP contribution in [-0.4, -0.2) is 65.3 Å². The van der Waals surface area contributed by atoms with Crippen LogP contribution in [0.1, 0.15) is 25.7 Å². The minimum Gasteiger partial charge on any atom is -0.494 e. The Balaban J connectivity index is 2.28. The Morgan fingerprint density at radius 3 is 2.81 bits per heavy atom. The number of para-hydroxylation sites is 2. The molecule has 1 saturated heterocycles. The van der Waals surface area contributed by atoms with E-state index >= 15 is 0 Å². The lowest BCUT2D eigenvalue weighted by Crippen LogP contribution is -2.57. The quantitative estimate of drug-likeness (QED) is 0.103. The number of aliphatic carboxylic acids is 1. The highest BCUT2D eigenvalue weighted by Gasteiger charge is 2.39. The average molecular weight is 437 g/mol. The minimum absolute atomic E-state index is 0.0372. The van der Waals surface area contributed by atoms with Crippen LogP contribution >= 0.6 is 0 Å². The normalized spacial score (nSPS) is 17.0. The SMILES string of the molecule is COc1ccccc1N(C(=O)[C@H](CCCNC(=N)N)NN1CCC[C@H]1C(=O)O)[N+](=O)[O-]. The number of rotatable bonds is 11. The Hall–Kier alpha value is -3.45. The standard InChI is InChI=1S/C18H27N7O6/c1-31-15-9-3-2-7-13(15)24(25(29)30)16(26)12(6-4-10-21-18(19)20)22-23-11-5-8-14(23)17(27)28/h2-3,7,9,12,14,22H,4-6,8,10-11H2,1H3,(H,27,28)(H4,19,20,21)/t12-,14-/m0/s1. The van der Waals surface area contributed by atoms with Crippen LogP contribution in [0.4, 0.5) is 5.69 Å². The number of amides is 1. The van der Waals surface area contributed by atoms with Crippen molar-refractivity contribution in [1.29, 1.82) is 5.41 Å². The molecule has 0 aromatic heterocycles. The summed E-state index contributed by atoms with van der Waals surface area (Å²) in [4.78, 5) is 36.6. The third kappa shape index (κ3) is 6.26. The molecule has 170 valence electrons. The van der Waals surface area contributed by atoms with Crippen LogP contribution in [0, 0.1) is 15.5 Å². The van der Waals surface area contributed by atoms with E-state index in [0.29, 0.717) is 30.8 Å². The highest BCUT2D eigenvalue weighted by Crippen LogP contribution is 2.29. The highest BCUT2D eigenvalue weighted by molar-refractivity contribution is 5.96. The van der Waals surface area contributed by atoms with Gasteiger partial charge in [0, 0.05) is 13.1 Å². The number of hydrogen-bond donors (Lipinski definition) is 5. The molecule has 1 amide bonds. The molecule has 0 aliphatic carbocycles. The lowest BCUT2D eigenvalue weighted by Gasteiger charge is -2.29. The molecule has 1 aromatic carbocycles. The van der Waals surface area contributed by atoms with Crippen LogP contribution in [0.25, 0.3) is 0 Å². The molecular formula is C18H27N7O6. The van der Waals surface area contributed by atoms with Gasteiger partial charge in [0.25, 0.3) is 0 Å². The van der Waals surface area contributed by atoms with Crippen molar-refractivity contribution in [2.24, 2.45) is 5.73 Å². The van der Waals surface area contributed by atoms with Crippen molar-refractivity contribution in [3.05, 3.63) is 34.4 Å². The van der Waals surface area contributed by atoms with E-state index in [2.05, 4.69) is 10.7 Å². The smallest absolute Gasteiger partial charge is 0.322 e. The predicted octanol–water partition coefficient (Wildman–Crippen LogP) is -0.0946. The first-order chi connectivity index (χ1) is 14.8. The molecule has 1 aliphatic heterocycles.